The van der Waals surface area contributed by atoms with E-state index in [1.807, 2.05) is 55.6 Å². The molecule has 2 aromatic rings. The maximum absolute atomic E-state index is 12.9. The van der Waals surface area contributed by atoms with E-state index in [-0.39, 0.29) is 17.4 Å². The molecule has 29 heavy (non-hydrogen) atoms. The molecule has 0 aliphatic carbocycles. The predicted molar refractivity (Wildman–Crippen MR) is 112 cm³/mol. The predicted octanol–water partition coefficient (Wildman–Crippen LogP) is 3.05. The summed E-state index contributed by atoms with van der Waals surface area (Å²) in [6, 6.07) is 8.63. The topological polar surface area (TPSA) is 70.1 Å². The van der Waals surface area contributed by atoms with Crippen molar-refractivity contribution in [2.45, 2.75) is 25.5 Å². The van der Waals surface area contributed by atoms with Crippen LogP contribution in [-0.2, 0) is 16.0 Å². The number of carbonyl (C=O) groups excluding carboxylic acids is 2. The first-order chi connectivity index (χ1) is 13.9. The number of nitrogens with zero attached hydrogens (tertiary/aromatic N) is 2. The van der Waals surface area contributed by atoms with E-state index in [1.54, 1.807) is 11.0 Å². The van der Waals surface area contributed by atoms with Crippen molar-refractivity contribution in [1.82, 2.24) is 9.80 Å². The summed E-state index contributed by atoms with van der Waals surface area (Å²) in [4.78, 5) is 30.1. The van der Waals surface area contributed by atoms with Crippen LogP contribution in [0.2, 0.25) is 0 Å². The Morgan fingerprint density at radius 3 is 2.79 bits per heavy atom. The third-order valence-electron chi connectivity index (χ3n) is 5.31. The minimum absolute atomic E-state index is 0.0881. The van der Waals surface area contributed by atoms with E-state index in [0.29, 0.717) is 18.7 Å². The zero-order valence-electron chi connectivity index (χ0n) is 16.7. The Balaban J connectivity index is 1.78. The lowest BCUT2D eigenvalue weighted by Crippen LogP contribution is -2.35. The van der Waals surface area contributed by atoms with Gasteiger partial charge < -0.3 is 19.6 Å². The van der Waals surface area contributed by atoms with Crippen molar-refractivity contribution < 1.29 is 19.4 Å². The van der Waals surface area contributed by atoms with Gasteiger partial charge in [0, 0.05) is 30.0 Å². The summed E-state index contributed by atoms with van der Waals surface area (Å²) >= 11 is 1.47. The lowest BCUT2D eigenvalue weighted by molar-refractivity contribution is -0.140. The number of aliphatic hydroxyl groups is 1. The number of carbonyl (C=O) groups is 2. The van der Waals surface area contributed by atoms with Crippen molar-refractivity contribution in [2.24, 2.45) is 0 Å². The summed E-state index contributed by atoms with van der Waals surface area (Å²) < 4.78 is 5.73. The van der Waals surface area contributed by atoms with E-state index in [4.69, 9.17) is 4.74 Å². The van der Waals surface area contributed by atoms with Crippen molar-refractivity contribution in [3.8, 4) is 5.75 Å². The maximum atomic E-state index is 12.9. The molecule has 0 spiro atoms. The number of hydrogen-bond acceptors (Lipinski definition) is 6. The molecule has 0 bridgehead atoms. The van der Waals surface area contributed by atoms with Crippen molar-refractivity contribution in [2.75, 3.05) is 27.2 Å². The molecule has 4 rings (SSSR count). The van der Waals surface area contributed by atoms with Crippen molar-refractivity contribution in [3.63, 3.8) is 0 Å². The van der Waals surface area contributed by atoms with Gasteiger partial charge in [0.2, 0.25) is 0 Å². The van der Waals surface area contributed by atoms with Gasteiger partial charge in [-0.2, -0.15) is 0 Å². The molecule has 2 aliphatic heterocycles. The number of benzene rings is 1. The van der Waals surface area contributed by atoms with Crippen molar-refractivity contribution >= 4 is 28.8 Å². The number of ether oxygens (including phenoxy) is 1. The van der Waals surface area contributed by atoms with Gasteiger partial charge in [-0.05, 0) is 56.2 Å². The average molecular weight is 413 g/mol. The maximum Gasteiger partial charge on any atom is 0.295 e. The quantitative estimate of drug-likeness (QED) is 0.464. The first kappa shape index (κ1) is 19.7. The zero-order chi connectivity index (χ0) is 20.7. The Kier molecular flexibility index (Phi) is 5.19. The number of likely N-dealkylation sites (N-methyl/N-ethyl adjacent to an activating group) is 1. The van der Waals surface area contributed by atoms with Crippen LogP contribution in [0.3, 0.4) is 0 Å². The smallest absolute Gasteiger partial charge is 0.295 e. The molecule has 1 saturated heterocycles. The Bertz CT molecular complexity index is 981. The normalized spacial score (nSPS) is 23.0. The van der Waals surface area contributed by atoms with Crippen LogP contribution in [0.1, 0.15) is 29.0 Å². The number of likely N-dealkylation sites (tertiary alicyclic amines) is 1. The van der Waals surface area contributed by atoms with Crippen LogP contribution >= 0.6 is 11.3 Å². The first-order valence-corrected chi connectivity index (χ1v) is 10.5. The average Bonchev–Trinajstić information content (AvgIpc) is 3.38. The second-order valence-corrected chi connectivity index (χ2v) is 8.75. The fourth-order valence-electron chi connectivity index (χ4n) is 3.89. The second kappa shape index (κ2) is 7.65. The highest BCUT2D eigenvalue weighted by atomic mass is 32.1. The minimum atomic E-state index is -0.634. The summed E-state index contributed by atoms with van der Waals surface area (Å²) in [5.74, 6) is -0.526. The van der Waals surface area contributed by atoms with Crippen molar-refractivity contribution in [1.29, 1.82) is 0 Å². The van der Waals surface area contributed by atoms with Gasteiger partial charge in [-0.3, -0.25) is 9.59 Å². The van der Waals surface area contributed by atoms with Gasteiger partial charge in [0.15, 0.2) is 0 Å². The highest BCUT2D eigenvalue weighted by Gasteiger charge is 2.46. The summed E-state index contributed by atoms with van der Waals surface area (Å²) in [5, 5.41) is 13.0. The third-order valence-corrected chi connectivity index (χ3v) is 6.23. The number of thiophene rings is 1. The number of amides is 1. The van der Waals surface area contributed by atoms with Crippen LogP contribution in [-0.4, -0.2) is 59.9 Å². The van der Waals surface area contributed by atoms with Crippen LogP contribution in [0.15, 0.2) is 41.3 Å². The summed E-state index contributed by atoms with van der Waals surface area (Å²) in [7, 11) is 3.84. The minimum Gasteiger partial charge on any atom is -0.507 e. The van der Waals surface area contributed by atoms with E-state index in [0.717, 1.165) is 22.6 Å². The van der Waals surface area contributed by atoms with E-state index >= 15 is 0 Å². The number of rotatable bonds is 5. The summed E-state index contributed by atoms with van der Waals surface area (Å²) in [6.45, 7) is 3.03. The van der Waals surface area contributed by atoms with Gasteiger partial charge in [0.25, 0.3) is 11.7 Å². The first-order valence-electron chi connectivity index (χ1n) is 9.63. The number of fused-ring (bicyclic) bond motifs is 1. The number of aliphatic hydroxyl groups excluding tert-OH is 1. The number of hydrogen-bond donors (Lipinski definition) is 1. The van der Waals surface area contributed by atoms with Crippen LogP contribution in [0.5, 0.6) is 5.75 Å². The summed E-state index contributed by atoms with van der Waals surface area (Å²) in [6.07, 6.45) is 0.840. The Labute approximate surface area is 174 Å². The van der Waals surface area contributed by atoms with Crippen LogP contribution in [0.25, 0.3) is 5.76 Å². The lowest BCUT2D eigenvalue weighted by Gasteiger charge is -2.25. The molecule has 3 heterocycles. The molecule has 2 atom stereocenters. The standard InChI is InChI=1S/C22H24N2O4S/c1-13-11-15-12-14(6-7-16(15)28-13)20(25)18-19(17-5-4-10-29-17)24(9-8-23(2)3)22(27)21(18)26/h4-7,10,12-13,19,25H,8-9,11H2,1-3H3/t13-,19+/m0/s1. The summed E-state index contributed by atoms with van der Waals surface area (Å²) in [5.41, 5.74) is 1.69. The lowest BCUT2D eigenvalue weighted by atomic mass is 9.98. The molecule has 1 aromatic heterocycles. The van der Waals surface area contributed by atoms with Gasteiger partial charge in [0.1, 0.15) is 17.6 Å². The molecule has 1 fully saturated rings. The van der Waals surface area contributed by atoms with Gasteiger partial charge in [-0.25, -0.2) is 0 Å². The van der Waals surface area contributed by atoms with Gasteiger partial charge >= 0.3 is 0 Å². The third kappa shape index (κ3) is 3.56. The molecule has 1 aromatic carbocycles. The highest BCUT2D eigenvalue weighted by Crippen LogP contribution is 2.41. The molecule has 7 heteroatoms. The van der Waals surface area contributed by atoms with Gasteiger partial charge in [0.05, 0.1) is 11.6 Å². The largest absolute Gasteiger partial charge is 0.507 e. The van der Waals surface area contributed by atoms with Crippen LogP contribution < -0.4 is 4.74 Å². The monoisotopic (exact) mass is 412 g/mol. The highest BCUT2D eigenvalue weighted by molar-refractivity contribution is 7.10. The molecule has 1 N–H and O–H groups in total. The molecule has 6 nitrogen and oxygen atoms in total. The van der Waals surface area contributed by atoms with E-state index in [1.165, 1.54) is 11.3 Å². The Morgan fingerprint density at radius 1 is 1.31 bits per heavy atom. The molecular weight excluding hydrogens is 388 g/mol. The van der Waals surface area contributed by atoms with E-state index < -0.39 is 17.7 Å². The Morgan fingerprint density at radius 2 is 2.10 bits per heavy atom. The fraction of sp³-hybridized carbons (Fsp3) is 0.364. The number of ketones is 1. The van der Waals surface area contributed by atoms with Crippen molar-refractivity contribution in [3.05, 3.63) is 57.3 Å². The van der Waals surface area contributed by atoms with Gasteiger partial charge in [-0.15, -0.1) is 11.3 Å². The van der Waals surface area contributed by atoms with E-state index in [2.05, 4.69) is 0 Å². The molecule has 152 valence electrons. The molecular formula is C22H24N2O4S. The second-order valence-electron chi connectivity index (χ2n) is 7.77. The van der Waals surface area contributed by atoms with Crippen LogP contribution in [0, 0.1) is 0 Å². The van der Waals surface area contributed by atoms with E-state index in [9.17, 15) is 14.7 Å². The number of Topliss-reactive ketones (excluding diaryl/α,β-unsaturated/α-hetero) is 1. The zero-order valence-corrected chi connectivity index (χ0v) is 17.5. The Hall–Kier alpha value is -2.64. The van der Waals surface area contributed by atoms with Crippen LogP contribution in [0.4, 0.5) is 0 Å². The van der Waals surface area contributed by atoms with Gasteiger partial charge in [-0.1, -0.05) is 6.07 Å². The molecule has 0 saturated carbocycles. The molecule has 1 amide bonds. The SMILES string of the molecule is C[C@H]1Cc2cc(C(O)=C3C(=O)C(=O)N(CCN(C)C)[C@@H]3c3cccs3)ccc2O1. The fourth-order valence-corrected chi connectivity index (χ4v) is 4.73. The molecule has 0 unspecified atom stereocenters. The molecule has 2 aliphatic rings. The molecule has 0 radical (unpaired) electrons.